The van der Waals surface area contributed by atoms with Crippen molar-refractivity contribution >= 4 is 44.9 Å². The fourth-order valence-corrected chi connectivity index (χ4v) is 4.09. The van der Waals surface area contributed by atoms with E-state index < -0.39 is 0 Å². The Morgan fingerprint density at radius 1 is 1.10 bits per heavy atom. The Morgan fingerprint density at radius 3 is 2.57 bits per heavy atom. The lowest BCUT2D eigenvalue weighted by atomic mass is 10.1. The van der Waals surface area contributed by atoms with Crippen LogP contribution < -0.4 is 9.47 Å². The van der Waals surface area contributed by atoms with Gasteiger partial charge >= 0.3 is 0 Å². The number of nitrogens with zero attached hydrogens (tertiary/aromatic N) is 1. The van der Waals surface area contributed by atoms with Crippen molar-refractivity contribution in [3.63, 3.8) is 0 Å². The third-order valence-corrected chi connectivity index (χ3v) is 5.98. The standard InChI is InChI=1S/C23H24BrNO4S/c1-4-28-20-11-16(9-10-19(20)29-14-15(2)3)12-21-22(26)25(23(27)30-21)13-17-7-5-6-8-18(17)24/h5-12,15H,4,13-14H2,1-3H3/b21-12-. The summed E-state index contributed by atoms with van der Waals surface area (Å²) >= 11 is 4.42. The summed E-state index contributed by atoms with van der Waals surface area (Å²) in [7, 11) is 0. The lowest BCUT2D eigenvalue weighted by molar-refractivity contribution is -0.123. The van der Waals surface area contributed by atoms with E-state index in [1.165, 1.54) is 4.90 Å². The predicted octanol–water partition coefficient (Wildman–Crippen LogP) is 6.12. The molecule has 0 bridgehead atoms. The number of thioether (sulfide) groups is 1. The molecule has 0 N–H and O–H groups in total. The van der Waals surface area contributed by atoms with Crippen LogP contribution in [0.4, 0.5) is 4.79 Å². The number of carbonyl (C=O) groups is 2. The lowest BCUT2D eigenvalue weighted by Crippen LogP contribution is -2.27. The maximum absolute atomic E-state index is 12.8. The molecule has 1 aliphatic heterocycles. The van der Waals surface area contributed by atoms with Crippen molar-refractivity contribution in [1.29, 1.82) is 0 Å². The van der Waals surface area contributed by atoms with Crippen LogP contribution in [0.25, 0.3) is 6.08 Å². The third-order valence-electron chi connectivity index (χ3n) is 4.30. The van der Waals surface area contributed by atoms with Crippen LogP contribution in [0.5, 0.6) is 11.5 Å². The smallest absolute Gasteiger partial charge is 0.293 e. The van der Waals surface area contributed by atoms with Gasteiger partial charge in [0.15, 0.2) is 11.5 Å². The van der Waals surface area contributed by atoms with Crippen molar-refractivity contribution in [3.05, 3.63) is 63.0 Å². The Kier molecular flexibility index (Phi) is 7.61. The van der Waals surface area contributed by atoms with Gasteiger partial charge in [-0.2, -0.15) is 0 Å². The van der Waals surface area contributed by atoms with Gasteiger partial charge in [0.1, 0.15) is 0 Å². The first kappa shape index (κ1) is 22.4. The van der Waals surface area contributed by atoms with Crippen LogP contribution in [0, 0.1) is 5.92 Å². The molecular weight excluding hydrogens is 466 g/mol. The van der Waals surface area contributed by atoms with Crippen molar-refractivity contribution < 1.29 is 19.1 Å². The Bertz CT molecular complexity index is 973. The zero-order valence-corrected chi connectivity index (χ0v) is 19.6. The van der Waals surface area contributed by atoms with Crippen LogP contribution in [-0.2, 0) is 11.3 Å². The molecule has 0 radical (unpaired) electrons. The van der Waals surface area contributed by atoms with Gasteiger partial charge in [-0.25, -0.2) is 0 Å². The monoisotopic (exact) mass is 489 g/mol. The molecule has 0 unspecified atom stereocenters. The quantitative estimate of drug-likeness (QED) is 0.418. The molecule has 3 rings (SSSR count). The number of amides is 2. The number of hydrogen-bond acceptors (Lipinski definition) is 5. The minimum absolute atomic E-state index is 0.232. The molecule has 0 saturated carbocycles. The first-order valence-corrected chi connectivity index (χ1v) is 11.4. The normalized spacial score (nSPS) is 15.4. The van der Waals surface area contributed by atoms with Gasteiger partial charge in [-0.15, -0.1) is 0 Å². The minimum Gasteiger partial charge on any atom is -0.490 e. The van der Waals surface area contributed by atoms with Gasteiger partial charge in [-0.3, -0.25) is 14.5 Å². The Labute approximate surface area is 189 Å². The highest BCUT2D eigenvalue weighted by Gasteiger charge is 2.35. The van der Waals surface area contributed by atoms with Crippen LogP contribution in [0.1, 0.15) is 31.9 Å². The Balaban J connectivity index is 1.80. The topological polar surface area (TPSA) is 55.8 Å². The van der Waals surface area contributed by atoms with E-state index in [9.17, 15) is 9.59 Å². The zero-order chi connectivity index (χ0) is 21.7. The second kappa shape index (κ2) is 10.2. The Morgan fingerprint density at radius 2 is 1.87 bits per heavy atom. The lowest BCUT2D eigenvalue weighted by Gasteiger charge is -2.14. The summed E-state index contributed by atoms with van der Waals surface area (Å²) in [5.41, 5.74) is 1.66. The number of carbonyl (C=O) groups excluding carboxylic acids is 2. The van der Waals surface area contributed by atoms with Gasteiger partial charge in [0.05, 0.1) is 24.7 Å². The third kappa shape index (κ3) is 5.46. The van der Waals surface area contributed by atoms with E-state index in [1.54, 1.807) is 6.08 Å². The van der Waals surface area contributed by atoms with Crippen LogP contribution >= 0.6 is 27.7 Å². The molecule has 1 aliphatic rings. The molecule has 5 nitrogen and oxygen atoms in total. The molecule has 0 spiro atoms. The number of benzene rings is 2. The maximum Gasteiger partial charge on any atom is 0.293 e. The summed E-state index contributed by atoms with van der Waals surface area (Å²) in [4.78, 5) is 26.9. The van der Waals surface area contributed by atoms with Gasteiger partial charge < -0.3 is 9.47 Å². The molecule has 2 aromatic rings. The number of rotatable bonds is 8. The van der Waals surface area contributed by atoms with Gasteiger partial charge in [0.2, 0.25) is 0 Å². The summed E-state index contributed by atoms with van der Waals surface area (Å²) in [6, 6.07) is 13.1. The van der Waals surface area contributed by atoms with Gasteiger partial charge in [0, 0.05) is 4.47 Å². The summed E-state index contributed by atoms with van der Waals surface area (Å²) in [5, 5.41) is -0.274. The molecule has 2 amide bonds. The average molecular weight is 490 g/mol. The molecule has 2 aromatic carbocycles. The maximum atomic E-state index is 12.8. The summed E-state index contributed by atoms with van der Waals surface area (Å²) < 4.78 is 12.4. The molecule has 1 saturated heterocycles. The second-order valence-electron chi connectivity index (χ2n) is 7.20. The molecule has 0 atom stereocenters. The molecule has 158 valence electrons. The first-order valence-electron chi connectivity index (χ1n) is 9.77. The van der Waals surface area contributed by atoms with Crippen molar-refractivity contribution in [2.24, 2.45) is 5.92 Å². The van der Waals surface area contributed by atoms with Crippen molar-refractivity contribution in [1.82, 2.24) is 4.90 Å². The largest absolute Gasteiger partial charge is 0.490 e. The van der Waals surface area contributed by atoms with Crippen LogP contribution in [0.2, 0.25) is 0 Å². The predicted molar refractivity (Wildman–Crippen MR) is 124 cm³/mol. The molecule has 0 aromatic heterocycles. The van der Waals surface area contributed by atoms with E-state index in [2.05, 4.69) is 29.8 Å². The van der Waals surface area contributed by atoms with E-state index in [4.69, 9.17) is 9.47 Å². The molecule has 1 fully saturated rings. The van der Waals surface area contributed by atoms with E-state index >= 15 is 0 Å². The molecule has 7 heteroatoms. The van der Waals surface area contributed by atoms with Crippen molar-refractivity contribution in [2.75, 3.05) is 13.2 Å². The first-order chi connectivity index (χ1) is 14.4. The van der Waals surface area contributed by atoms with Gasteiger partial charge in [-0.1, -0.05) is 54.0 Å². The van der Waals surface area contributed by atoms with E-state index in [0.717, 1.165) is 27.4 Å². The van der Waals surface area contributed by atoms with Crippen molar-refractivity contribution in [2.45, 2.75) is 27.3 Å². The number of hydrogen-bond donors (Lipinski definition) is 0. The van der Waals surface area contributed by atoms with E-state index in [-0.39, 0.29) is 17.7 Å². The highest BCUT2D eigenvalue weighted by Crippen LogP contribution is 2.36. The number of imide groups is 1. The van der Waals surface area contributed by atoms with Crippen LogP contribution in [0.15, 0.2) is 51.8 Å². The minimum atomic E-state index is -0.293. The highest BCUT2D eigenvalue weighted by molar-refractivity contribution is 9.10. The zero-order valence-electron chi connectivity index (χ0n) is 17.2. The average Bonchev–Trinajstić information content (AvgIpc) is 2.96. The van der Waals surface area contributed by atoms with Crippen LogP contribution in [0.3, 0.4) is 0 Å². The molecule has 30 heavy (non-hydrogen) atoms. The summed E-state index contributed by atoms with van der Waals surface area (Å²) in [6.45, 7) is 7.40. The van der Waals surface area contributed by atoms with E-state index in [1.807, 2.05) is 49.4 Å². The molecule has 1 heterocycles. The Hall–Kier alpha value is -2.25. The molecular formula is C23H24BrNO4S. The van der Waals surface area contributed by atoms with E-state index in [0.29, 0.717) is 35.5 Å². The molecule has 0 aliphatic carbocycles. The second-order valence-corrected chi connectivity index (χ2v) is 9.05. The fourth-order valence-electron chi connectivity index (χ4n) is 2.84. The number of ether oxygens (including phenoxy) is 2. The fraction of sp³-hybridized carbons (Fsp3) is 0.304. The van der Waals surface area contributed by atoms with Gasteiger partial charge in [-0.05, 0) is 60.0 Å². The number of halogens is 1. The summed E-state index contributed by atoms with van der Waals surface area (Å²) in [5.74, 6) is 1.40. The highest BCUT2D eigenvalue weighted by atomic mass is 79.9. The SMILES string of the molecule is CCOc1cc(/C=C2\SC(=O)N(Cc3ccccc3Br)C2=O)ccc1OCC(C)C. The van der Waals surface area contributed by atoms with Crippen LogP contribution in [-0.4, -0.2) is 29.3 Å². The van der Waals surface area contributed by atoms with Gasteiger partial charge in [0.25, 0.3) is 11.1 Å². The summed E-state index contributed by atoms with van der Waals surface area (Å²) in [6.07, 6.45) is 1.72. The van der Waals surface area contributed by atoms with Crippen molar-refractivity contribution in [3.8, 4) is 11.5 Å².